The minimum atomic E-state index is 0.319. The van der Waals surface area contributed by atoms with E-state index < -0.39 is 0 Å². The summed E-state index contributed by atoms with van der Waals surface area (Å²) in [4.78, 5) is 16.8. The lowest BCUT2D eigenvalue weighted by atomic mass is 9.88. The molecule has 31 heavy (non-hydrogen) atoms. The van der Waals surface area contributed by atoms with Crippen LogP contribution in [0.25, 0.3) is 10.9 Å². The molecule has 0 radical (unpaired) electrons. The molecule has 0 amide bonds. The van der Waals surface area contributed by atoms with E-state index in [0.717, 1.165) is 80.6 Å². The number of aromatic nitrogens is 1. The minimum Gasteiger partial charge on any atom is -0.380 e. The Morgan fingerprint density at radius 2 is 2.00 bits per heavy atom. The van der Waals surface area contributed by atoms with Crippen LogP contribution in [-0.2, 0) is 11.2 Å². The number of aryl methyl sites for hydroxylation is 1. The molecule has 4 heterocycles. The fraction of sp³-hybridized carbons (Fsp3) is 0.560. The predicted molar refractivity (Wildman–Crippen MR) is 128 cm³/mol. The number of benzene rings is 1. The van der Waals surface area contributed by atoms with Crippen molar-refractivity contribution in [1.29, 1.82) is 0 Å². The molecule has 0 unspecified atom stereocenters. The van der Waals surface area contributed by atoms with Crippen molar-refractivity contribution >= 4 is 28.3 Å². The maximum Gasteiger partial charge on any atom is 0.138 e. The Bertz CT molecular complexity index is 1030. The van der Waals surface area contributed by atoms with Crippen LogP contribution >= 0.6 is 0 Å². The summed E-state index contributed by atoms with van der Waals surface area (Å²) in [6.45, 7) is 12.0. The van der Waals surface area contributed by atoms with Crippen LogP contribution in [0.4, 0.5) is 5.82 Å². The van der Waals surface area contributed by atoms with Crippen LogP contribution in [-0.4, -0.2) is 62.0 Å². The zero-order valence-corrected chi connectivity index (χ0v) is 18.9. The minimum absolute atomic E-state index is 0.319. The molecule has 3 aliphatic heterocycles. The van der Waals surface area contributed by atoms with Gasteiger partial charge in [0.1, 0.15) is 11.7 Å². The maximum atomic E-state index is 5.39. The summed E-state index contributed by atoms with van der Waals surface area (Å²) in [7, 11) is 0. The number of nitrogens with one attached hydrogen (secondary N) is 1. The van der Waals surface area contributed by atoms with Crippen LogP contribution in [0.2, 0.25) is 0 Å². The van der Waals surface area contributed by atoms with Gasteiger partial charge in [0.2, 0.25) is 0 Å². The fourth-order valence-electron chi connectivity index (χ4n) is 4.73. The van der Waals surface area contributed by atoms with E-state index in [0.29, 0.717) is 18.0 Å². The Balaban J connectivity index is 1.37. The molecule has 0 spiro atoms. The molecule has 1 aromatic heterocycles. The molecule has 5 rings (SSSR count). The lowest BCUT2D eigenvalue weighted by molar-refractivity contribution is -0.100. The van der Waals surface area contributed by atoms with Gasteiger partial charge in [-0.25, -0.2) is 9.98 Å². The monoisotopic (exact) mass is 419 g/mol. The van der Waals surface area contributed by atoms with E-state index >= 15 is 0 Å². The van der Waals surface area contributed by atoms with Crippen molar-refractivity contribution in [3.8, 4) is 0 Å². The molecule has 0 atom stereocenters. The van der Waals surface area contributed by atoms with Crippen molar-refractivity contribution in [2.45, 2.75) is 46.1 Å². The van der Waals surface area contributed by atoms with Crippen molar-refractivity contribution < 1.29 is 4.74 Å². The first kappa shape index (κ1) is 20.6. The van der Waals surface area contributed by atoms with Gasteiger partial charge >= 0.3 is 0 Å². The van der Waals surface area contributed by atoms with Gasteiger partial charge in [0.05, 0.1) is 31.0 Å². The number of fused-ring (bicyclic) bond motifs is 1. The largest absolute Gasteiger partial charge is 0.380 e. The maximum absolute atomic E-state index is 5.39. The molecule has 1 aromatic carbocycles. The molecule has 2 saturated heterocycles. The summed E-state index contributed by atoms with van der Waals surface area (Å²) in [5.41, 5.74) is 4.91. The summed E-state index contributed by atoms with van der Waals surface area (Å²) in [6.07, 6.45) is 3.29. The van der Waals surface area contributed by atoms with Gasteiger partial charge in [-0.15, -0.1) is 0 Å². The summed E-state index contributed by atoms with van der Waals surface area (Å²) < 4.78 is 5.39. The second-order valence-electron chi connectivity index (χ2n) is 9.61. The Morgan fingerprint density at radius 3 is 2.65 bits per heavy atom. The first-order chi connectivity index (χ1) is 15.0. The molecular formula is C25H33N5O. The van der Waals surface area contributed by atoms with E-state index in [2.05, 4.69) is 53.3 Å². The third-order valence-corrected chi connectivity index (χ3v) is 6.85. The number of anilines is 1. The highest BCUT2D eigenvalue weighted by Gasteiger charge is 2.34. The zero-order valence-electron chi connectivity index (χ0n) is 18.9. The molecular weight excluding hydrogens is 386 g/mol. The van der Waals surface area contributed by atoms with Crippen LogP contribution in [0.1, 0.15) is 44.7 Å². The second kappa shape index (κ2) is 8.32. The second-order valence-corrected chi connectivity index (χ2v) is 9.61. The molecule has 1 N–H and O–H groups in total. The van der Waals surface area contributed by atoms with Crippen LogP contribution in [0.15, 0.2) is 34.3 Å². The number of aliphatic imine (C=N–C) groups is 2. The molecule has 2 aromatic rings. The van der Waals surface area contributed by atoms with Gasteiger partial charge in [-0.3, -0.25) is 4.99 Å². The van der Waals surface area contributed by atoms with Crippen molar-refractivity contribution in [2.24, 2.45) is 15.4 Å². The summed E-state index contributed by atoms with van der Waals surface area (Å²) >= 11 is 0. The molecule has 0 bridgehead atoms. The van der Waals surface area contributed by atoms with E-state index in [-0.39, 0.29) is 0 Å². The highest BCUT2D eigenvalue weighted by atomic mass is 16.5. The van der Waals surface area contributed by atoms with Crippen LogP contribution in [0.3, 0.4) is 0 Å². The van der Waals surface area contributed by atoms with Crippen molar-refractivity contribution in [3.05, 3.63) is 35.4 Å². The summed E-state index contributed by atoms with van der Waals surface area (Å²) in [6, 6.07) is 9.47. The molecule has 6 heteroatoms. The molecule has 164 valence electrons. The summed E-state index contributed by atoms with van der Waals surface area (Å²) in [5.74, 6) is 1.93. The molecule has 3 aliphatic rings. The molecule has 6 nitrogen and oxygen atoms in total. The number of rotatable bonds is 6. The van der Waals surface area contributed by atoms with Gasteiger partial charge in [0.15, 0.2) is 0 Å². The summed E-state index contributed by atoms with van der Waals surface area (Å²) in [5, 5.41) is 4.98. The lowest BCUT2D eigenvalue weighted by Crippen LogP contribution is -2.51. The van der Waals surface area contributed by atoms with Gasteiger partial charge in [-0.1, -0.05) is 19.9 Å². The molecule has 2 fully saturated rings. The first-order valence-corrected chi connectivity index (χ1v) is 11.6. The average molecular weight is 420 g/mol. The Morgan fingerprint density at radius 1 is 1.19 bits per heavy atom. The van der Waals surface area contributed by atoms with Crippen molar-refractivity contribution in [2.75, 3.05) is 44.3 Å². The van der Waals surface area contributed by atoms with Gasteiger partial charge in [-0.05, 0) is 49.9 Å². The smallest absolute Gasteiger partial charge is 0.138 e. The fourth-order valence-corrected chi connectivity index (χ4v) is 4.73. The first-order valence-electron chi connectivity index (χ1n) is 11.6. The van der Waals surface area contributed by atoms with E-state index in [9.17, 15) is 0 Å². The van der Waals surface area contributed by atoms with Crippen molar-refractivity contribution in [3.63, 3.8) is 0 Å². The molecule has 0 saturated carbocycles. The average Bonchev–Trinajstić information content (AvgIpc) is 3.21. The number of hydrogen-bond acceptors (Lipinski definition) is 6. The van der Waals surface area contributed by atoms with E-state index in [1.165, 1.54) is 10.9 Å². The number of hydrogen-bond donors (Lipinski definition) is 1. The number of nitrogens with zero attached hydrogens (tertiary/aromatic N) is 4. The standard InChI is InChI=1S/C25H33N5O/c1-4-18-5-6-22-19(11-18)12-21(23-13-26-17(2)28-23)24(29-22)30-9-7-20(8-10-30)27-14-25(3)15-31-16-25/h5-6,11-12,20,27H,4,7-10,13-16H2,1-3H3. The van der Waals surface area contributed by atoms with Gasteiger partial charge in [-0.2, -0.15) is 0 Å². The number of amidine groups is 1. The number of ether oxygens (including phenoxy) is 1. The topological polar surface area (TPSA) is 62.1 Å². The highest BCUT2D eigenvalue weighted by Crippen LogP contribution is 2.30. The Labute approximate surface area is 184 Å². The number of pyridine rings is 1. The van der Waals surface area contributed by atoms with Gasteiger partial charge < -0.3 is 15.0 Å². The van der Waals surface area contributed by atoms with Crippen molar-refractivity contribution in [1.82, 2.24) is 10.3 Å². The molecule has 0 aliphatic carbocycles. The van der Waals surface area contributed by atoms with E-state index in [1.54, 1.807) is 0 Å². The van der Waals surface area contributed by atoms with Gasteiger partial charge in [0.25, 0.3) is 0 Å². The third kappa shape index (κ3) is 4.23. The van der Waals surface area contributed by atoms with E-state index in [1.807, 2.05) is 6.92 Å². The normalized spacial score (nSPS) is 21.2. The van der Waals surface area contributed by atoms with Gasteiger partial charge in [0, 0.05) is 42.0 Å². The Kier molecular flexibility index (Phi) is 5.52. The third-order valence-electron chi connectivity index (χ3n) is 6.85. The van der Waals surface area contributed by atoms with Crippen LogP contribution in [0, 0.1) is 5.41 Å². The van der Waals surface area contributed by atoms with Crippen LogP contribution < -0.4 is 10.2 Å². The highest BCUT2D eigenvalue weighted by molar-refractivity contribution is 6.15. The quantitative estimate of drug-likeness (QED) is 0.777. The lowest BCUT2D eigenvalue weighted by Gasteiger charge is -2.41. The SMILES string of the molecule is CCc1ccc2nc(N3CCC(NCC4(C)COC4)CC3)c(C3=NC(C)=NC3)cc2c1. The number of piperidine rings is 1. The Hall–Kier alpha value is -2.31. The zero-order chi connectivity index (χ0) is 21.4. The van der Waals surface area contributed by atoms with Crippen LogP contribution in [0.5, 0.6) is 0 Å². The van der Waals surface area contributed by atoms with E-state index in [4.69, 9.17) is 14.7 Å². The predicted octanol–water partition coefficient (Wildman–Crippen LogP) is 3.61.